The molecule has 2 amide bonds. The zero-order chi connectivity index (χ0) is 12.8. The number of amides is 2. The summed E-state index contributed by atoms with van der Waals surface area (Å²) in [6.07, 6.45) is 7.86. The van der Waals surface area contributed by atoms with Crippen LogP contribution in [-0.2, 0) is 0 Å². The molecule has 102 valence electrons. The molecular formula is C14H25N3O. The van der Waals surface area contributed by atoms with Crippen LogP contribution in [0.1, 0.15) is 38.5 Å². The molecule has 0 aliphatic heterocycles. The predicted octanol–water partition coefficient (Wildman–Crippen LogP) is 1.56. The number of carbonyl (C=O) groups is 1. The first kappa shape index (κ1) is 12.3. The average molecular weight is 251 g/mol. The number of hydrogen-bond acceptors (Lipinski definition) is 2. The van der Waals surface area contributed by atoms with E-state index in [1.165, 1.54) is 38.5 Å². The molecule has 4 nitrogen and oxygen atoms in total. The monoisotopic (exact) mass is 251 g/mol. The van der Waals surface area contributed by atoms with Crippen LogP contribution in [0.25, 0.3) is 0 Å². The van der Waals surface area contributed by atoms with Crippen LogP contribution in [0.5, 0.6) is 0 Å². The normalized spacial score (nSPS) is 40.9. The summed E-state index contributed by atoms with van der Waals surface area (Å²) in [4.78, 5) is 13.9. The van der Waals surface area contributed by atoms with Gasteiger partial charge in [0.15, 0.2) is 0 Å². The minimum absolute atomic E-state index is 0.0717. The Bertz CT molecular complexity index is 307. The maximum atomic E-state index is 12.2. The third-order valence-electron chi connectivity index (χ3n) is 5.22. The van der Waals surface area contributed by atoms with Crippen LogP contribution in [0.3, 0.4) is 0 Å². The number of likely N-dealkylation sites (N-methyl/N-ethyl adjacent to an activating group) is 1. The molecule has 3 N–H and O–H groups in total. The fourth-order valence-corrected chi connectivity index (χ4v) is 4.88. The minimum Gasteiger partial charge on any atom is -0.333 e. The lowest BCUT2D eigenvalue weighted by Gasteiger charge is -2.57. The molecule has 18 heavy (non-hydrogen) atoms. The molecule has 4 heteroatoms. The SMILES string of the molecule is CN(CCN)C(=O)NC12CC3CC(CC(C3)C1)C2. The van der Waals surface area contributed by atoms with Gasteiger partial charge in [0.1, 0.15) is 0 Å². The number of rotatable bonds is 3. The van der Waals surface area contributed by atoms with E-state index in [1.807, 2.05) is 7.05 Å². The molecule has 4 fully saturated rings. The van der Waals surface area contributed by atoms with Crippen molar-refractivity contribution in [1.29, 1.82) is 0 Å². The number of carbonyl (C=O) groups excluding carboxylic acids is 1. The van der Waals surface area contributed by atoms with E-state index in [2.05, 4.69) is 5.32 Å². The van der Waals surface area contributed by atoms with E-state index in [1.54, 1.807) is 4.90 Å². The molecule has 0 aromatic rings. The molecule has 4 aliphatic carbocycles. The van der Waals surface area contributed by atoms with Gasteiger partial charge in [-0.2, -0.15) is 0 Å². The van der Waals surface area contributed by atoms with Gasteiger partial charge >= 0.3 is 6.03 Å². The Morgan fingerprint density at radius 3 is 2.17 bits per heavy atom. The summed E-state index contributed by atoms with van der Waals surface area (Å²) in [5.41, 5.74) is 5.63. The van der Waals surface area contributed by atoms with Crippen LogP contribution < -0.4 is 11.1 Å². The molecule has 0 atom stereocenters. The molecular weight excluding hydrogens is 226 g/mol. The van der Waals surface area contributed by atoms with Gasteiger partial charge in [0, 0.05) is 25.7 Å². The van der Waals surface area contributed by atoms with Crippen LogP contribution in [0.4, 0.5) is 4.79 Å². The van der Waals surface area contributed by atoms with Crippen molar-refractivity contribution in [1.82, 2.24) is 10.2 Å². The van der Waals surface area contributed by atoms with Crippen LogP contribution in [0, 0.1) is 17.8 Å². The Morgan fingerprint density at radius 2 is 1.72 bits per heavy atom. The second-order valence-electron chi connectivity index (χ2n) is 6.84. The molecule has 4 rings (SSSR count). The van der Waals surface area contributed by atoms with Crippen molar-refractivity contribution < 1.29 is 4.79 Å². The minimum atomic E-state index is 0.0717. The molecule has 0 unspecified atom stereocenters. The van der Waals surface area contributed by atoms with Gasteiger partial charge in [-0.1, -0.05) is 0 Å². The highest BCUT2D eigenvalue weighted by atomic mass is 16.2. The summed E-state index contributed by atoms with van der Waals surface area (Å²) in [6.45, 7) is 1.17. The highest BCUT2D eigenvalue weighted by Gasteiger charge is 2.51. The van der Waals surface area contributed by atoms with Gasteiger partial charge in [-0.3, -0.25) is 0 Å². The lowest BCUT2D eigenvalue weighted by Crippen LogP contribution is -2.61. The fourth-order valence-electron chi connectivity index (χ4n) is 4.88. The maximum absolute atomic E-state index is 12.2. The van der Waals surface area contributed by atoms with E-state index < -0.39 is 0 Å². The number of urea groups is 1. The standard InChI is InChI=1S/C14H25N3O/c1-17(3-2-15)13(18)16-14-7-10-4-11(8-14)6-12(5-10)9-14/h10-12H,2-9,15H2,1H3,(H,16,18). The predicted molar refractivity (Wildman–Crippen MR) is 71.1 cm³/mol. The highest BCUT2D eigenvalue weighted by molar-refractivity contribution is 5.74. The Morgan fingerprint density at radius 1 is 1.22 bits per heavy atom. The van der Waals surface area contributed by atoms with Crippen LogP contribution in [0.2, 0.25) is 0 Å². The molecule has 0 saturated heterocycles. The highest BCUT2D eigenvalue weighted by Crippen LogP contribution is 2.55. The third kappa shape index (κ3) is 2.11. The van der Waals surface area contributed by atoms with Crippen molar-refractivity contribution in [2.24, 2.45) is 23.5 Å². The van der Waals surface area contributed by atoms with E-state index in [-0.39, 0.29) is 11.6 Å². The van der Waals surface area contributed by atoms with Gasteiger partial charge in [-0.05, 0) is 56.3 Å². The first-order chi connectivity index (χ1) is 8.60. The van der Waals surface area contributed by atoms with Gasteiger partial charge < -0.3 is 16.0 Å². The number of hydrogen-bond donors (Lipinski definition) is 2. The van der Waals surface area contributed by atoms with Crippen LogP contribution in [-0.4, -0.2) is 36.6 Å². The van der Waals surface area contributed by atoms with Crippen molar-refractivity contribution in [3.8, 4) is 0 Å². The Labute approximate surface area is 109 Å². The first-order valence-electron chi connectivity index (χ1n) is 7.33. The summed E-state index contributed by atoms with van der Waals surface area (Å²) >= 11 is 0. The van der Waals surface area contributed by atoms with E-state index in [0.717, 1.165) is 17.8 Å². The van der Waals surface area contributed by atoms with E-state index in [0.29, 0.717) is 13.1 Å². The smallest absolute Gasteiger partial charge is 0.317 e. The molecule has 4 aliphatic rings. The van der Waals surface area contributed by atoms with Crippen LogP contribution >= 0.6 is 0 Å². The van der Waals surface area contributed by atoms with E-state index in [9.17, 15) is 4.79 Å². The molecule has 0 aromatic heterocycles. The maximum Gasteiger partial charge on any atom is 0.317 e. The summed E-state index contributed by atoms with van der Waals surface area (Å²) in [5, 5.41) is 3.34. The average Bonchev–Trinajstić information content (AvgIpc) is 2.26. The van der Waals surface area contributed by atoms with E-state index in [4.69, 9.17) is 5.73 Å². The molecule has 0 aromatic carbocycles. The van der Waals surface area contributed by atoms with Crippen LogP contribution in [0.15, 0.2) is 0 Å². The quantitative estimate of drug-likeness (QED) is 0.799. The number of nitrogens with one attached hydrogen (secondary N) is 1. The van der Waals surface area contributed by atoms with Crippen molar-refractivity contribution in [2.75, 3.05) is 20.1 Å². The van der Waals surface area contributed by atoms with Gasteiger partial charge in [-0.15, -0.1) is 0 Å². The van der Waals surface area contributed by atoms with Crippen molar-refractivity contribution in [2.45, 2.75) is 44.1 Å². The fraction of sp³-hybridized carbons (Fsp3) is 0.929. The van der Waals surface area contributed by atoms with Gasteiger partial charge in [0.05, 0.1) is 0 Å². The third-order valence-corrected chi connectivity index (χ3v) is 5.22. The first-order valence-corrected chi connectivity index (χ1v) is 7.33. The Kier molecular flexibility index (Phi) is 3.00. The molecule has 4 bridgehead atoms. The topological polar surface area (TPSA) is 58.4 Å². The van der Waals surface area contributed by atoms with Gasteiger partial charge in [0.25, 0.3) is 0 Å². The molecule has 0 radical (unpaired) electrons. The lowest BCUT2D eigenvalue weighted by molar-refractivity contribution is -0.0152. The zero-order valence-electron chi connectivity index (χ0n) is 11.3. The van der Waals surface area contributed by atoms with E-state index >= 15 is 0 Å². The van der Waals surface area contributed by atoms with Crippen molar-refractivity contribution in [3.05, 3.63) is 0 Å². The lowest BCUT2D eigenvalue weighted by atomic mass is 9.53. The Hall–Kier alpha value is -0.770. The van der Waals surface area contributed by atoms with Crippen molar-refractivity contribution >= 4 is 6.03 Å². The molecule has 0 heterocycles. The molecule has 4 saturated carbocycles. The zero-order valence-corrected chi connectivity index (χ0v) is 11.3. The second-order valence-corrected chi connectivity index (χ2v) is 6.84. The van der Waals surface area contributed by atoms with Gasteiger partial charge in [0.2, 0.25) is 0 Å². The summed E-state index contributed by atoms with van der Waals surface area (Å²) in [6, 6.07) is 0.0717. The number of nitrogens with zero attached hydrogens (tertiary/aromatic N) is 1. The van der Waals surface area contributed by atoms with Gasteiger partial charge in [-0.25, -0.2) is 4.79 Å². The summed E-state index contributed by atoms with van der Waals surface area (Å²) < 4.78 is 0. The number of nitrogens with two attached hydrogens (primary N) is 1. The largest absolute Gasteiger partial charge is 0.333 e. The second kappa shape index (κ2) is 4.41. The summed E-state index contributed by atoms with van der Waals surface area (Å²) in [7, 11) is 1.84. The Balaban J connectivity index is 1.67. The summed E-state index contributed by atoms with van der Waals surface area (Å²) in [5.74, 6) is 2.61. The molecule has 0 spiro atoms. The van der Waals surface area contributed by atoms with Crippen molar-refractivity contribution in [3.63, 3.8) is 0 Å².